The predicted molar refractivity (Wildman–Crippen MR) is 480 cm³/mol. The number of phosphoric ester groups is 2. The molecule has 0 aromatic carbocycles. The zero-order valence-corrected chi connectivity index (χ0v) is 75.7. The van der Waals surface area contributed by atoms with Gasteiger partial charge in [0.25, 0.3) is 15.6 Å². The van der Waals surface area contributed by atoms with Gasteiger partial charge in [-0.3, -0.25) is 37.9 Å². The molecule has 2 unspecified atom stereocenters. The standard InChI is InChI=1S/2C47H72NO10P.Ca/c2*1-3-5-7-9-11-13-15-17-19-21-23-25-27-29-31-33-35-37-39-46(50)58-43(41-56-59(53,54)57-42-44(48)47(51)52)40-55-45(49)38-36-34-32-30-28-26-24-22-20-18-16-14-12-10-8-6-4-2;/h2*5-8,11-14,17-20,23-26,29-32,43-44H,3-4,9-10,15-16,21-22,27-28,33-42,48H2,1-2H3,(H,51,52)(H,53,54);/q;;+2/p-2/b2*7-5-,8-6-,13-11-,14-12-,19-17-,20-18-,25-23-,26-24-,31-29-,32-30-;/t2*43-,44+;/m11./s1. The molecule has 0 saturated carbocycles. The zero-order valence-electron chi connectivity index (χ0n) is 71.7. The molecule has 0 amide bonds. The zero-order chi connectivity index (χ0) is 87.0. The molecule has 25 heteroatoms. The summed E-state index contributed by atoms with van der Waals surface area (Å²) in [5, 5.41) is 17.7. The van der Waals surface area contributed by atoms with Gasteiger partial charge in [-0.25, -0.2) is 0 Å². The van der Waals surface area contributed by atoms with Gasteiger partial charge in [-0.15, -0.1) is 0 Å². The number of hydrogen-bond acceptors (Lipinski definition) is 20. The number of carbonyl (C=O) groups excluding carboxylic acids is 4. The van der Waals surface area contributed by atoms with Crippen LogP contribution < -0.4 is 21.3 Å². The van der Waals surface area contributed by atoms with Crippen molar-refractivity contribution >= 4 is 89.2 Å². The molecular formula is C94H142CaN2O20P2. The van der Waals surface area contributed by atoms with Crippen LogP contribution in [-0.2, 0) is 74.9 Å². The Morgan fingerprint density at radius 3 is 0.672 bits per heavy atom. The first-order chi connectivity index (χ1) is 57.2. The van der Waals surface area contributed by atoms with Gasteiger partial charge in [0.05, 0.1) is 26.4 Å². The van der Waals surface area contributed by atoms with E-state index < -0.39 is 115 Å². The first kappa shape index (κ1) is 116. The Bertz CT molecular complexity index is 3130. The van der Waals surface area contributed by atoms with Gasteiger partial charge < -0.3 is 68.5 Å². The summed E-state index contributed by atoms with van der Waals surface area (Å²) < 4.78 is 64.4. The van der Waals surface area contributed by atoms with Crippen molar-refractivity contribution in [1.29, 1.82) is 0 Å². The van der Waals surface area contributed by atoms with Crippen LogP contribution in [0.2, 0.25) is 0 Å². The number of ether oxygens (including phenoxy) is 4. The first-order valence-electron chi connectivity index (χ1n) is 42.1. The van der Waals surface area contributed by atoms with Gasteiger partial charge in [-0.1, -0.05) is 271 Å². The fourth-order valence-corrected chi connectivity index (χ4v) is 10.9. The Morgan fingerprint density at radius 2 is 0.462 bits per heavy atom. The minimum atomic E-state index is -5.00. The summed E-state index contributed by atoms with van der Waals surface area (Å²) in [4.78, 5) is 96.1. The minimum Gasteiger partial charge on any atom is -0.756 e. The van der Waals surface area contributed by atoms with E-state index in [2.05, 4.69) is 255 Å². The molecule has 0 saturated heterocycles. The number of aliphatic carboxylic acids is 2. The third kappa shape index (κ3) is 90.1. The van der Waals surface area contributed by atoms with Crippen LogP contribution in [0, 0.1) is 0 Å². The van der Waals surface area contributed by atoms with E-state index in [-0.39, 0.29) is 63.4 Å². The summed E-state index contributed by atoms with van der Waals surface area (Å²) in [6, 6.07) is -3.17. The number of unbranched alkanes of at least 4 members (excludes halogenated alkanes) is 6. The molecule has 660 valence electrons. The minimum absolute atomic E-state index is 0. The topological polar surface area (TPSA) is 349 Å². The van der Waals surface area contributed by atoms with E-state index in [1.807, 2.05) is 24.3 Å². The van der Waals surface area contributed by atoms with Gasteiger partial charge in [-0.2, -0.15) is 0 Å². The molecule has 22 nitrogen and oxygen atoms in total. The number of hydrogen-bond donors (Lipinski definition) is 4. The average Bonchev–Trinajstić information content (AvgIpc) is 0.909. The van der Waals surface area contributed by atoms with Crippen molar-refractivity contribution in [3.8, 4) is 0 Å². The van der Waals surface area contributed by atoms with Gasteiger partial charge in [0.1, 0.15) is 25.3 Å². The molecule has 0 bridgehead atoms. The Hall–Kier alpha value is -6.98. The number of rotatable bonds is 74. The third-order valence-electron chi connectivity index (χ3n) is 15.9. The molecule has 0 rings (SSSR count). The van der Waals surface area contributed by atoms with Gasteiger partial charge >= 0.3 is 73.6 Å². The van der Waals surface area contributed by atoms with Crippen LogP contribution >= 0.6 is 15.6 Å². The molecule has 0 aromatic rings. The quantitative estimate of drug-likeness (QED) is 0.0110. The number of carbonyl (C=O) groups is 6. The number of esters is 4. The molecule has 0 fully saturated rings. The SMILES string of the molecule is CC/C=C\C/C=C\C/C=C\C/C=C\C/C=C\CCCCC(=O)O[C@H](COC(=O)CCC/C=C\C/C=C\C/C=C\C/C=C\C/C=C\CC)COP(=O)([O-])OC[C@H](N)C(=O)O.CC/C=C\C/C=C\C/C=C\C/C=C\C/C=C\CCCCC(=O)O[C@H](COC(=O)CCC/C=C\C/C=C\C/C=C\C/C=C\C/C=C\CC)COP(=O)([O-])OC[C@H](N)C(=O)O.[Ca+2]. The summed E-state index contributed by atoms with van der Waals surface area (Å²) in [6.45, 7) is 4.57. The van der Waals surface area contributed by atoms with E-state index in [0.29, 0.717) is 38.5 Å². The van der Waals surface area contributed by atoms with Crippen molar-refractivity contribution in [3.63, 3.8) is 0 Å². The van der Waals surface area contributed by atoms with Crippen LogP contribution in [0.4, 0.5) is 0 Å². The van der Waals surface area contributed by atoms with Crippen LogP contribution in [-0.4, -0.2) is 148 Å². The molecule has 0 aromatic heterocycles. The summed E-state index contributed by atoms with van der Waals surface area (Å²) in [7, 11) is -10.0. The second-order valence-corrected chi connectivity index (χ2v) is 29.5. The fourth-order valence-electron chi connectivity index (χ4n) is 9.41. The van der Waals surface area contributed by atoms with Crippen molar-refractivity contribution in [1.82, 2.24) is 0 Å². The fraction of sp³-hybridized carbons (Fsp3) is 0.511. The number of carboxylic acid groups (broad SMARTS) is 2. The molecule has 0 heterocycles. The third-order valence-corrected chi connectivity index (χ3v) is 17.8. The van der Waals surface area contributed by atoms with Crippen molar-refractivity contribution in [2.24, 2.45) is 11.5 Å². The molecule has 119 heavy (non-hydrogen) atoms. The normalized spacial score (nSPS) is 14.8. The Morgan fingerprint density at radius 1 is 0.277 bits per heavy atom. The largest absolute Gasteiger partial charge is 2.00 e. The number of phosphoric acid groups is 2. The van der Waals surface area contributed by atoms with E-state index in [0.717, 1.165) is 154 Å². The molecule has 6 N–H and O–H groups in total. The number of allylic oxidation sites excluding steroid dienone is 40. The van der Waals surface area contributed by atoms with E-state index in [4.69, 9.17) is 49.7 Å². The van der Waals surface area contributed by atoms with Crippen LogP contribution in [0.3, 0.4) is 0 Å². The summed E-state index contributed by atoms with van der Waals surface area (Å²) in [5.74, 6) is -5.19. The van der Waals surface area contributed by atoms with Crippen LogP contribution in [0.15, 0.2) is 243 Å². The van der Waals surface area contributed by atoms with Crippen LogP contribution in [0.1, 0.15) is 246 Å². The van der Waals surface area contributed by atoms with Crippen molar-refractivity contribution in [3.05, 3.63) is 243 Å². The Labute approximate surface area is 743 Å². The maximum atomic E-state index is 12.6. The number of carboxylic acids is 2. The smallest absolute Gasteiger partial charge is 0.756 e. The van der Waals surface area contributed by atoms with Gasteiger partial charge in [-0.05, 0) is 193 Å². The Balaban J connectivity index is -0.00000224. The van der Waals surface area contributed by atoms with E-state index in [1.165, 1.54) is 0 Å². The summed E-state index contributed by atoms with van der Waals surface area (Å²) in [6.07, 6.45) is 108. The molecule has 0 radical (unpaired) electrons. The maximum Gasteiger partial charge on any atom is 2.00 e. The molecule has 0 spiro atoms. The van der Waals surface area contributed by atoms with Crippen LogP contribution in [0.25, 0.3) is 0 Å². The molecule has 0 aliphatic rings. The summed E-state index contributed by atoms with van der Waals surface area (Å²) in [5.41, 5.74) is 10.6. The van der Waals surface area contributed by atoms with Crippen LogP contribution in [0.5, 0.6) is 0 Å². The van der Waals surface area contributed by atoms with Gasteiger partial charge in [0.2, 0.25) is 0 Å². The van der Waals surface area contributed by atoms with E-state index in [9.17, 15) is 47.7 Å². The maximum absolute atomic E-state index is 12.6. The Kier molecular flexibility index (Phi) is 86.7. The molecular weight excluding hydrogens is 1580 g/mol. The molecule has 0 aliphatic carbocycles. The molecule has 0 aliphatic heterocycles. The van der Waals surface area contributed by atoms with Crippen molar-refractivity contribution < 1.29 is 94.9 Å². The second kappa shape index (κ2) is 88.8. The number of nitrogens with two attached hydrogens (primary N) is 2. The summed E-state index contributed by atoms with van der Waals surface area (Å²) >= 11 is 0. The van der Waals surface area contributed by atoms with Gasteiger partial charge in [0.15, 0.2) is 12.2 Å². The predicted octanol–water partition coefficient (Wildman–Crippen LogP) is 20.8. The molecule has 6 atom stereocenters. The average molecular weight is 1720 g/mol. The van der Waals surface area contributed by atoms with E-state index >= 15 is 0 Å². The van der Waals surface area contributed by atoms with E-state index in [1.54, 1.807) is 0 Å². The monoisotopic (exact) mass is 1720 g/mol. The second-order valence-electron chi connectivity index (χ2n) is 26.7. The van der Waals surface area contributed by atoms with Crippen molar-refractivity contribution in [2.75, 3.05) is 39.6 Å². The van der Waals surface area contributed by atoms with Gasteiger partial charge in [0, 0.05) is 25.7 Å². The first-order valence-corrected chi connectivity index (χ1v) is 45.0. The van der Waals surface area contributed by atoms with Crippen molar-refractivity contribution in [2.45, 2.75) is 270 Å².